The molecule has 4 heteroatoms. The van der Waals surface area contributed by atoms with Gasteiger partial charge in [-0.05, 0) is 37.5 Å². The second kappa shape index (κ2) is 5.15. The van der Waals surface area contributed by atoms with E-state index >= 15 is 0 Å². The number of benzene rings is 1. The van der Waals surface area contributed by atoms with Gasteiger partial charge in [0, 0.05) is 28.6 Å². The highest BCUT2D eigenvalue weighted by Crippen LogP contribution is 2.39. The molecule has 2 rings (SSSR count). The van der Waals surface area contributed by atoms with Crippen LogP contribution in [-0.4, -0.2) is 19.3 Å². The quantitative estimate of drug-likeness (QED) is 0.918. The van der Waals surface area contributed by atoms with Crippen molar-refractivity contribution in [1.29, 1.82) is 0 Å². The fourth-order valence-electron chi connectivity index (χ4n) is 2.44. The maximum Gasteiger partial charge on any atom is 0.0619 e. The van der Waals surface area contributed by atoms with Crippen LogP contribution < -0.4 is 5.73 Å². The van der Waals surface area contributed by atoms with Crippen LogP contribution >= 0.6 is 23.2 Å². The molecule has 0 bridgehead atoms. The maximum absolute atomic E-state index is 6.21. The van der Waals surface area contributed by atoms with Gasteiger partial charge in [-0.1, -0.05) is 29.3 Å². The van der Waals surface area contributed by atoms with Gasteiger partial charge >= 0.3 is 0 Å². The predicted molar refractivity (Wildman–Crippen MR) is 71.7 cm³/mol. The molecule has 1 fully saturated rings. The molecule has 0 spiro atoms. The van der Waals surface area contributed by atoms with Gasteiger partial charge in [-0.2, -0.15) is 0 Å². The first kappa shape index (κ1) is 13.2. The van der Waals surface area contributed by atoms with Crippen molar-refractivity contribution in [2.24, 2.45) is 11.1 Å². The summed E-state index contributed by atoms with van der Waals surface area (Å²) in [6, 6.07) is 5.63. The Morgan fingerprint density at radius 2 is 2.24 bits per heavy atom. The van der Waals surface area contributed by atoms with Gasteiger partial charge < -0.3 is 10.5 Å². The average Bonchev–Trinajstić information content (AvgIpc) is 2.65. The van der Waals surface area contributed by atoms with Crippen LogP contribution in [0.15, 0.2) is 18.2 Å². The summed E-state index contributed by atoms with van der Waals surface area (Å²) in [7, 11) is 0. The normalized spacial score (nSPS) is 28.6. The lowest BCUT2D eigenvalue weighted by molar-refractivity contribution is 0.0674. The molecule has 1 aromatic rings. The Bertz CT molecular complexity index is 410. The molecule has 0 saturated carbocycles. The van der Waals surface area contributed by atoms with E-state index in [1.54, 1.807) is 6.07 Å². The van der Waals surface area contributed by atoms with Crippen LogP contribution in [0.25, 0.3) is 0 Å². The van der Waals surface area contributed by atoms with Gasteiger partial charge in [0.2, 0.25) is 0 Å². The Balaban J connectivity index is 2.24. The number of nitrogens with two attached hydrogens (primary N) is 1. The van der Waals surface area contributed by atoms with E-state index in [1.807, 2.05) is 12.1 Å². The second-order valence-corrected chi connectivity index (χ2v) is 5.59. The minimum atomic E-state index is 0.0114. The molecule has 0 aliphatic carbocycles. The third-order valence-corrected chi connectivity index (χ3v) is 4.38. The monoisotopic (exact) mass is 273 g/mol. The molecule has 1 saturated heterocycles. The van der Waals surface area contributed by atoms with Crippen LogP contribution in [0, 0.1) is 5.41 Å². The van der Waals surface area contributed by atoms with Crippen LogP contribution in [0.3, 0.4) is 0 Å². The number of hydrogen-bond donors (Lipinski definition) is 1. The Hall–Kier alpha value is -0.280. The summed E-state index contributed by atoms with van der Waals surface area (Å²) in [5, 5.41) is 1.38. The molecule has 1 aliphatic heterocycles. The zero-order chi connectivity index (χ0) is 12.5. The lowest BCUT2D eigenvalue weighted by atomic mass is 9.76. The highest BCUT2D eigenvalue weighted by molar-refractivity contribution is 6.35. The number of hydrogen-bond acceptors (Lipinski definition) is 2. The molecule has 2 nitrogen and oxygen atoms in total. The molecule has 94 valence electrons. The van der Waals surface area contributed by atoms with Crippen molar-refractivity contribution in [3.63, 3.8) is 0 Å². The zero-order valence-electron chi connectivity index (χ0n) is 9.88. The summed E-state index contributed by atoms with van der Waals surface area (Å²) in [6.07, 6.45) is 2.02. The van der Waals surface area contributed by atoms with E-state index in [9.17, 15) is 0 Å². The van der Waals surface area contributed by atoms with Gasteiger partial charge in [0.1, 0.15) is 0 Å². The lowest BCUT2D eigenvalue weighted by Gasteiger charge is -2.31. The molecule has 2 unspecified atom stereocenters. The molecular weight excluding hydrogens is 257 g/mol. The molecular formula is C13H17Cl2NO. The Labute approximate surface area is 112 Å². The van der Waals surface area contributed by atoms with E-state index in [0.717, 1.165) is 25.0 Å². The van der Waals surface area contributed by atoms with Gasteiger partial charge in [0.25, 0.3) is 0 Å². The van der Waals surface area contributed by atoms with Gasteiger partial charge in [-0.3, -0.25) is 0 Å². The summed E-state index contributed by atoms with van der Waals surface area (Å²) >= 11 is 12.1. The van der Waals surface area contributed by atoms with E-state index in [0.29, 0.717) is 16.6 Å². The Kier molecular flexibility index (Phi) is 3.99. The fourth-order valence-corrected chi connectivity index (χ4v) is 2.91. The molecule has 1 aliphatic rings. The topological polar surface area (TPSA) is 35.2 Å². The van der Waals surface area contributed by atoms with Gasteiger partial charge in [0.15, 0.2) is 0 Å². The predicted octanol–water partition coefficient (Wildman–Crippen LogP) is 3.29. The summed E-state index contributed by atoms with van der Waals surface area (Å²) in [5.41, 5.74) is 7.05. The van der Waals surface area contributed by atoms with Crippen molar-refractivity contribution in [1.82, 2.24) is 0 Å². The molecule has 17 heavy (non-hydrogen) atoms. The van der Waals surface area contributed by atoms with Crippen molar-refractivity contribution < 1.29 is 4.74 Å². The Morgan fingerprint density at radius 1 is 1.47 bits per heavy atom. The van der Waals surface area contributed by atoms with E-state index in [4.69, 9.17) is 33.7 Å². The van der Waals surface area contributed by atoms with E-state index < -0.39 is 0 Å². The third kappa shape index (κ3) is 2.60. The molecule has 0 radical (unpaired) electrons. The highest BCUT2D eigenvalue weighted by Gasteiger charge is 2.40. The number of ether oxygens (including phenoxy) is 1. The molecule has 1 heterocycles. The first-order valence-electron chi connectivity index (χ1n) is 5.83. The molecule has 0 amide bonds. The average molecular weight is 274 g/mol. The van der Waals surface area contributed by atoms with Crippen LogP contribution in [-0.2, 0) is 11.2 Å². The smallest absolute Gasteiger partial charge is 0.0619 e. The maximum atomic E-state index is 6.21. The Morgan fingerprint density at radius 3 is 2.76 bits per heavy atom. The highest BCUT2D eigenvalue weighted by atomic mass is 35.5. The molecule has 2 atom stereocenters. The van der Waals surface area contributed by atoms with Gasteiger partial charge in [-0.25, -0.2) is 0 Å². The third-order valence-electron chi connectivity index (χ3n) is 3.79. The molecule has 1 aromatic carbocycles. The summed E-state index contributed by atoms with van der Waals surface area (Å²) in [6.45, 7) is 3.49. The summed E-state index contributed by atoms with van der Waals surface area (Å²) in [5.74, 6) is 0. The number of rotatable bonds is 3. The summed E-state index contributed by atoms with van der Waals surface area (Å²) in [4.78, 5) is 0. The molecule has 2 N–H and O–H groups in total. The standard InChI is InChI=1S/C13H17Cl2NO/c1-9-13(8-16,4-5-17-9)7-10-2-3-11(14)6-12(10)15/h2-3,6,9H,4-5,7-8,16H2,1H3. The summed E-state index contributed by atoms with van der Waals surface area (Å²) < 4.78 is 5.65. The van der Waals surface area contributed by atoms with E-state index in [2.05, 4.69) is 6.92 Å². The van der Waals surface area contributed by atoms with Crippen molar-refractivity contribution in [3.05, 3.63) is 33.8 Å². The van der Waals surface area contributed by atoms with Crippen molar-refractivity contribution in [2.75, 3.05) is 13.2 Å². The SMILES string of the molecule is CC1OCCC1(CN)Cc1ccc(Cl)cc1Cl. The fraction of sp³-hybridized carbons (Fsp3) is 0.538. The van der Waals surface area contributed by atoms with Crippen LogP contribution in [0.2, 0.25) is 10.0 Å². The second-order valence-electron chi connectivity index (χ2n) is 4.74. The lowest BCUT2D eigenvalue weighted by Crippen LogP contribution is -2.38. The largest absolute Gasteiger partial charge is 0.378 e. The van der Waals surface area contributed by atoms with Crippen molar-refractivity contribution >= 4 is 23.2 Å². The number of halogens is 2. The minimum Gasteiger partial charge on any atom is -0.378 e. The van der Waals surface area contributed by atoms with Crippen LogP contribution in [0.4, 0.5) is 0 Å². The molecule has 0 aromatic heterocycles. The minimum absolute atomic E-state index is 0.0114. The van der Waals surface area contributed by atoms with E-state index in [-0.39, 0.29) is 11.5 Å². The first-order chi connectivity index (χ1) is 8.07. The van der Waals surface area contributed by atoms with Gasteiger partial charge in [0.05, 0.1) is 6.10 Å². The van der Waals surface area contributed by atoms with E-state index in [1.165, 1.54) is 0 Å². The van der Waals surface area contributed by atoms with Crippen LogP contribution in [0.5, 0.6) is 0 Å². The van der Waals surface area contributed by atoms with Gasteiger partial charge in [-0.15, -0.1) is 0 Å². The first-order valence-corrected chi connectivity index (χ1v) is 6.58. The zero-order valence-corrected chi connectivity index (χ0v) is 11.4. The van der Waals surface area contributed by atoms with Crippen molar-refractivity contribution in [3.8, 4) is 0 Å². The van der Waals surface area contributed by atoms with Crippen molar-refractivity contribution in [2.45, 2.75) is 25.9 Å². The van der Waals surface area contributed by atoms with Crippen LogP contribution in [0.1, 0.15) is 18.9 Å².